The monoisotopic (exact) mass is 461 g/mol. The number of amidine groups is 1. The van der Waals surface area contributed by atoms with E-state index in [1.165, 1.54) is 28.4 Å². The van der Waals surface area contributed by atoms with Crippen molar-refractivity contribution in [1.82, 2.24) is 10.2 Å². The van der Waals surface area contributed by atoms with Gasteiger partial charge in [0.15, 0.2) is 0 Å². The first kappa shape index (κ1) is 22.9. The maximum absolute atomic E-state index is 12.7. The molecule has 0 saturated carbocycles. The van der Waals surface area contributed by atoms with Gasteiger partial charge in [0.05, 0.1) is 13.0 Å². The third-order valence-corrected chi connectivity index (χ3v) is 6.89. The quantitative estimate of drug-likeness (QED) is 0.236. The van der Waals surface area contributed by atoms with Gasteiger partial charge >= 0.3 is 5.97 Å². The number of carbonyl (C=O) groups is 3. The summed E-state index contributed by atoms with van der Waals surface area (Å²) < 4.78 is 0. The molecule has 6 N–H and O–H groups in total. The van der Waals surface area contributed by atoms with Crippen molar-refractivity contribution < 1.29 is 19.5 Å². The highest BCUT2D eigenvalue weighted by atomic mass is 32.2. The van der Waals surface area contributed by atoms with Gasteiger partial charge in [0.25, 0.3) is 5.91 Å². The number of amides is 2. The summed E-state index contributed by atoms with van der Waals surface area (Å²) in [5.74, 6) is -1.20. The molecular weight excluding hydrogens is 438 g/mol. The van der Waals surface area contributed by atoms with Gasteiger partial charge in [-0.3, -0.25) is 19.5 Å². The largest absolute Gasteiger partial charge is 0.477 e. The molecule has 2 amide bonds. The number of aliphatic imine (C=N–C) groups is 1. The predicted molar refractivity (Wildman–Crippen MR) is 122 cm³/mol. The lowest BCUT2D eigenvalue weighted by molar-refractivity contribution is -0.150. The molecule has 164 valence electrons. The first-order chi connectivity index (χ1) is 14.9. The van der Waals surface area contributed by atoms with E-state index >= 15 is 0 Å². The van der Waals surface area contributed by atoms with Crippen molar-refractivity contribution in [2.24, 2.45) is 16.5 Å². The molecular formula is C20H23N5O4S2. The zero-order chi connectivity index (χ0) is 22.4. The Morgan fingerprint density at radius 1 is 1.35 bits per heavy atom. The molecule has 0 aliphatic carbocycles. The predicted octanol–water partition coefficient (Wildman–Crippen LogP) is 0.488. The number of carboxylic acid groups (broad SMARTS) is 1. The van der Waals surface area contributed by atoms with Gasteiger partial charge in [-0.1, -0.05) is 42.1 Å². The van der Waals surface area contributed by atoms with E-state index in [1.54, 1.807) is 11.5 Å². The van der Waals surface area contributed by atoms with Gasteiger partial charge in [-0.25, -0.2) is 4.79 Å². The summed E-state index contributed by atoms with van der Waals surface area (Å²) in [6.07, 6.45) is 1.72. The van der Waals surface area contributed by atoms with Gasteiger partial charge in [-0.15, -0.1) is 11.8 Å². The number of rotatable bonds is 9. The second kappa shape index (κ2) is 10.5. The minimum atomic E-state index is -1.19. The summed E-state index contributed by atoms with van der Waals surface area (Å²) >= 11 is 2.59. The molecule has 3 rings (SSSR count). The fourth-order valence-electron chi connectivity index (χ4n) is 3.12. The smallest absolute Gasteiger partial charge is 0.353 e. The van der Waals surface area contributed by atoms with Crippen LogP contribution in [-0.4, -0.2) is 63.9 Å². The van der Waals surface area contributed by atoms with E-state index in [2.05, 4.69) is 10.3 Å². The fraction of sp³-hybridized carbons (Fsp3) is 0.300. The number of thioether (sulfide) groups is 2. The van der Waals surface area contributed by atoms with E-state index in [4.69, 9.17) is 11.5 Å². The molecule has 2 aliphatic rings. The topological polar surface area (TPSA) is 151 Å². The molecule has 31 heavy (non-hydrogen) atoms. The summed E-state index contributed by atoms with van der Waals surface area (Å²) in [4.78, 5) is 42.7. The highest BCUT2D eigenvalue weighted by molar-refractivity contribution is 8.08. The van der Waals surface area contributed by atoms with Crippen LogP contribution in [0.4, 0.5) is 0 Å². The number of hydrogen-bond donors (Lipinski definition) is 4. The van der Waals surface area contributed by atoms with Gasteiger partial charge in [0.1, 0.15) is 22.9 Å². The van der Waals surface area contributed by atoms with Gasteiger partial charge in [0, 0.05) is 17.2 Å². The van der Waals surface area contributed by atoms with Crippen LogP contribution in [-0.2, 0) is 20.8 Å². The van der Waals surface area contributed by atoms with Crippen molar-refractivity contribution in [2.45, 2.75) is 17.8 Å². The maximum Gasteiger partial charge on any atom is 0.353 e. The molecule has 1 aromatic rings. The number of hydrogen-bond acceptors (Lipinski definition) is 7. The Bertz CT molecular complexity index is 948. The summed E-state index contributed by atoms with van der Waals surface area (Å²) in [5.41, 5.74) is 11.9. The summed E-state index contributed by atoms with van der Waals surface area (Å²) in [6, 6.07) is 8.46. The summed E-state index contributed by atoms with van der Waals surface area (Å²) in [7, 11) is 0. The van der Waals surface area contributed by atoms with E-state index in [0.717, 1.165) is 5.56 Å². The number of aliphatic carboxylic acids is 1. The fourth-order valence-corrected chi connectivity index (χ4v) is 5.46. The number of carbonyl (C=O) groups excluding carboxylic acids is 2. The van der Waals surface area contributed by atoms with Crippen molar-refractivity contribution in [2.75, 3.05) is 18.8 Å². The van der Waals surface area contributed by atoms with E-state index in [0.29, 0.717) is 23.7 Å². The van der Waals surface area contributed by atoms with Crippen molar-refractivity contribution in [3.05, 3.63) is 58.0 Å². The molecule has 2 atom stereocenters. The van der Waals surface area contributed by atoms with Crippen LogP contribution in [0.1, 0.15) is 5.56 Å². The van der Waals surface area contributed by atoms with E-state index in [9.17, 15) is 19.5 Å². The Kier molecular flexibility index (Phi) is 7.77. The average molecular weight is 462 g/mol. The second-order valence-corrected chi connectivity index (χ2v) is 8.82. The number of nitrogens with one attached hydrogen (secondary N) is 1. The van der Waals surface area contributed by atoms with Gasteiger partial charge < -0.3 is 21.9 Å². The number of benzene rings is 1. The standard InChI is InChI=1S/C20H23N5O4S2/c21-7-8-23-14(22)6-9-30-13-11-31-19-16(18(27)25(19)17(13)20(28)29)24-15(26)10-12-4-2-1-3-5-12/h1-6,9,16,19H,7-8,10-11,21H2,(H2,22,23)(H,24,26)(H,28,29)/b9-6+/t16?,19-/m1/s1. The molecule has 1 saturated heterocycles. The lowest BCUT2D eigenvalue weighted by atomic mass is 10.0. The Hall–Kier alpha value is -2.76. The lowest BCUT2D eigenvalue weighted by Crippen LogP contribution is -2.70. The van der Waals surface area contributed by atoms with Crippen LogP contribution in [0.5, 0.6) is 0 Å². The third-order valence-electron chi connectivity index (χ3n) is 4.53. The van der Waals surface area contributed by atoms with E-state index in [1.807, 2.05) is 30.3 Å². The van der Waals surface area contributed by atoms with Crippen LogP contribution in [0.15, 0.2) is 57.4 Å². The molecule has 1 fully saturated rings. The maximum atomic E-state index is 12.7. The van der Waals surface area contributed by atoms with Crippen LogP contribution in [0.25, 0.3) is 0 Å². The van der Waals surface area contributed by atoms with Gasteiger partial charge in [0.2, 0.25) is 5.91 Å². The minimum Gasteiger partial charge on any atom is -0.477 e. The van der Waals surface area contributed by atoms with Gasteiger partial charge in [-0.05, 0) is 17.0 Å². The number of carboxylic acids is 1. The third kappa shape index (κ3) is 5.49. The van der Waals surface area contributed by atoms with Crippen molar-refractivity contribution in [1.29, 1.82) is 0 Å². The number of β-lactam (4-membered cyclic amide) rings is 1. The van der Waals surface area contributed by atoms with Crippen LogP contribution in [0.3, 0.4) is 0 Å². The number of nitrogens with zero attached hydrogens (tertiary/aromatic N) is 2. The zero-order valence-corrected chi connectivity index (χ0v) is 18.2. The molecule has 0 radical (unpaired) electrons. The van der Waals surface area contributed by atoms with Gasteiger partial charge in [-0.2, -0.15) is 0 Å². The van der Waals surface area contributed by atoms with Crippen LogP contribution in [0.2, 0.25) is 0 Å². The van der Waals surface area contributed by atoms with Crippen LogP contribution < -0.4 is 16.8 Å². The molecule has 2 aliphatic heterocycles. The van der Waals surface area contributed by atoms with E-state index < -0.39 is 23.3 Å². The van der Waals surface area contributed by atoms with Crippen LogP contribution >= 0.6 is 23.5 Å². The SMILES string of the molecule is NCCN=C(N)/C=C/SC1=C(C(=O)O)N2C(=O)C(NC(=O)Cc3ccccc3)[C@H]2SC1. The molecule has 0 aromatic heterocycles. The highest BCUT2D eigenvalue weighted by Crippen LogP contribution is 2.43. The van der Waals surface area contributed by atoms with Crippen LogP contribution in [0, 0.1) is 0 Å². The Morgan fingerprint density at radius 3 is 2.77 bits per heavy atom. The van der Waals surface area contributed by atoms with Crippen molar-refractivity contribution in [3.63, 3.8) is 0 Å². The van der Waals surface area contributed by atoms with Crippen molar-refractivity contribution in [3.8, 4) is 0 Å². The number of fused-ring (bicyclic) bond motifs is 1. The highest BCUT2D eigenvalue weighted by Gasteiger charge is 2.54. The minimum absolute atomic E-state index is 0.0607. The first-order valence-corrected chi connectivity index (χ1v) is 11.4. The summed E-state index contributed by atoms with van der Waals surface area (Å²) in [5, 5.41) is 13.6. The molecule has 0 spiro atoms. The Morgan fingerprint density at radius 2 is 2.10 bits per heavy atom. The van der Waals surface area contributed by atoms with E-state index in [-0.39, 0.29) is 23.9 Å². The second-order valence-electron chi connectivity index (χ2n) is 6.71. The molecule has 0 bridgehead atoms. The zero-order valence-electron chi connectivity index (χ0n) is 16.6. The number of nitrogens with two attached hydrogens (primary N) is 2. The lowest BCUT2D eigenvalue weighted by Gasteiger charge is -2.49. The average Bonchev–Trinajstić information content (AvgIpc) is 2.76. The Labute approximate surface area is 188 Å². The van der Waals surface area contributed by atoms with Crippen molar-refractivity contribution >= 4 is 47.1 Å². The molecule has 9 nitrogen and oxygen atoms in total. The normalized spacial score (nSPS) is 21.1. The molecule has 11 heteroatoms. The molecule has 1 unspecified atom stereocenters. The Balaban J connectivity index is 1.66. The molecule has 2 heterocycles. The first-order valence-electron chi connectivity index (χ1n) is 9.50. The summed E-state index contributed by atoms with van der Waals surface area (Å²) in [6.45, 7) is 0.787. The molecule has 1 aromatic carbocycles.